The van der Waals surface area contributed by atoms with E-state index in [2.05, 4.69) is 10.6 Å². The van der Waals surface area contributed by atoms with Crippen LogP contribution in [0, 0.1) is 5.92 Å². The highest BCUT2D eigenvalue weighted by atomic mass is 16.5. The molecule has 0 radical (unpaired) electrons. The molecule has 3 atom stereocenters. The number of carbonyl (C=O) groups excluding carboxylic acids is 2. The number of amides is 2. The number of hydrogen-bond acceptors (Lipinski definition) is 5. The van der Waals surface area contributed by atoms with E-state index in [1.54, 1.807) is 13.2 Å². The summed E-state index contributed by atoms with van der Waals surface area (Å²) in [6, 6.07) is 7.13. The van der Waals surface area contributed by atoms with Crippen molar-refractivity contribution in [2.45, 2.75) is 44.1 Å². The topological polar surface area (TPSA) is 96.9 Å². The van der Waals surface area contributed by atoms with Crippen molar-refractivity contribution >= 4 is 11.8 Å². The van der Waals surface area contributed by atoms with Crippen molar-refractivity contribution in [1.82, 2.24) is 10.6 Å². The van der Waals surface area contributed by atoms with Gasteiger partial charge in [-0.2, -0.15) is 0 Å². The summed E-state index contributed by atoms with van der Waals surface area (Å²) in [7, 11) is 1.60. The van der Waals surface area contributed by atoms with Crippen molar-refractivity contribution in [1.29, 1.82) is 0 Å². The Morgan fingerprint density at radius 2 is 2.11 bits per heavy atom. The lowest BCUT2D eigenvalue weighted by atomic mass is 10.0. The maximum absolute atomic E-state index is 12.2. The molecule has 0 aromatic heterocycles. The Labute approximate surface area is 158 Å². The summed E-state index contributed by atoms with van der Waals surface area (Å²) < 4.78 is 10.9. The molecule has 0 bridgehead atoms. The summed E-state index contributed by atoms with van der Waals surface area (Å²) in [5, 5.41) is 15.3. The number of aliphatic hydroxyl groups excluding tert-OH is 1. The predicted molar refractivity (Wildman–Crippen MR) is 99.0 cm³/mol. The van der Waals surface area contributed by atoms with Crippen molar-refractivity contribution < 1.29 is 24.2 Å². The molecule has 7 heteroatoms. The van der Waals surface area contributed by atoms with Crippen LogP contribution >= 0.6 is 0 Å². The first kappa shape index (κ1) is 19.4. The van der Waals surface area contributed by atoms with Crippen LogP contribution in [0.1, 0.15) is 24.8 Å². The fourth-order valence-corrected chi connectivity index (χ4v) is 3.00. The second-order valence-electron chi connectivity index (χ2n) is 6.92. The van der Waals surface area contributed by atoms with E-state index in [-0.39, 0.29) is 36.8 Å². The average molecular weight is 374 g/mol. The van der Waals surface area contributed by atoms with Crippen molar-refractivity contribution in [3.8, 4) is 5.75 Å². The van der Waals surface area contributed by atoms with Crippen LogP contribution in [0.4, 0.5) is 0 Å². The first-order chi connectivity index (χ1) is 13.1. The van der Waals surface area contributed by atoms with E-state index in [9.17, 15) is 14.7 Å². The molecule has 1 fully saturated rings. The number of benzene rings is 1. The van der Waals surface area contributed by atoms with E-state index in [1.165, 1.54) is 0 Å². The van der Waals surface area contributed by atoms with Gasteiger partial charge in [0.2, 0.25) is 11.8 Å². The number of ether oxygens (including phenoxy) is 2. The molecular weight excluding hydrogens is 348 g/mol. The molecule has 2 aliphatic rings. The van der Waals surface area contributed by atoms with Crippen LogP contribution in [0.5, 0.6) is 5.75 Å². The highest BCUT2D eigenvalue weighted by Crippen LogP contribution is 2.29. The number of methoxy groups -OCH3 is 1. The van der Waals surface area contributed by atoms with E-state index < -0.39 is 12.2 Å². The van der Waals surface area contributed by atoms with Gasteiger partial charge in [0.25, 0.3) is 0 Å². The maximum atomic E-state index is 12.2. The monoisotopic (exact) mass is 374 g/mol. The van der Waals surface area contributed by atoms with Gasteiger partial charge in [0.05, 0.1) is 32.3 Å². The van der Waals surface area contributed by atoms with E-state index in [0.29, 0.717) is 6.54 Å². The Balaban J connectivity index is 1.48. The fraction of sp³-hybridized carbons (Fsp3) is 0.500. The molecule has 1 aromatic carbocycles. The van der Waals surface area contributed by atoms with Crippen LogP contribution in [0.15, 0.2) is 36.4 Å². The Morgan fingerprint density at radius 3 is 2.81 bits per heavy atom. The summed E-state index contributed by atoms with van der Waals surface area (Å²) in [5.41, 5.74) is 0.943. The molecule has 7 nitrogen and oxygen atoms in total. The Hall–Kier alpha value is -2.38. The standard InChI is InChI=1S/C20H26N2O5/c1-26-15-4-2-3-13(9-15)11-21-19(24)10-16-7-8-17(18(12-23)27-16)22-20(25)14-5-6-14/h2-4,7-9,14,16-18,23H,5-6,10-12H2,1H3,(H,21,24)(H,22,25)/t16-,17+,18-/m0/s1. The normalized spacial score (nSPS) is 24.3. The third kappa shape index (κ3) is 5.55. The molecule has 0 unspecified atom stereocenters. The van der Waals surface area contributed by atoms with Crippen LogP contribution in [-0.4, -0.2) is 48.9 Å². The zero-order valence-corrected chi connectivity index (χ0v) is 15.4. The zero-order valence-electron chi connectivity index (χ0n) is 15.4. The largest absolute Gasteiger partial charge is 0.497 e. The van der Waals surface area contributed by atoms with Gasteiger partial charge in [-0.05, 0) is 30.5 Å². The maximum Gasteiger partial charge on any atom is 0.223 e. The smallest absolute Gasteiger partial charge is 0.223 e. The number of rotatable bonds is 8. The van der Waals surface area contributed by atoms with Gasteiger partial charge in [-0.15, -0.1) is 0 Å². The lowest BCUT2D eigenvalue weighted by Crippen LogP contribution is -2.49. The van der Waals surface area contributed by atoms with Gasteiger partial charge in [0, 0.05) is 12.5 Å². The Morgan fingerprint density at radius 1 is 1.30 bits per heavy atom. The molecule has 27 heavy (non-hydrogen) atoms. The van der Waals surface area contributed by atoms with Crippen molar-refractivity contribution in [2.75, 3.05) is 13.7 Å². The van der Waals surface area contributed by atoms with E-state index in [0.717, 1.165) is 24.2 Å². The summed E-state index contributed by atoms with van der Waals surface area (Å²) >= 11 is 0. The number of aliphatic hydroxyl groups is 1. The average Bonchev–Trinajstić information content (AvgIpc) is 3.53. The van der Waals surface area contributed by atoms with Gasteiger partial charge in [-0.1, -0.05) is 24.3 Å². The minimum Gasteiger partial charge on any atom is -0.497 e. The second-order valence-corrected chi connectivity index (χ2v) is 6.92. The minimum atomic E-state index is -0.547. The molecule has 1 aliphatic heterocycles. The summed E-state index contributed by atoms with van der Waals surface area (Å²) in [4.78, 5) is 24.1. The first-order valence-electron chi connectivity index (χ1n) is 9.23. The van der Waals surface area contributed by atoms with E-state index in [4.69, 9.17) is 9.47 Å². The van der Waals surface area contributed by atoms with Gasteiger partial charge in [0.15, 0.2) is 0 Å². The molecule has 1 aliphatic carbocycles. The van der Waals surface area contributed by atoms with E-state index in [1.807, 2.05) is 30.3 Å². The quantitative estimate of drug-likeness (QED) is 0.588. The van der Waals surface area contributed by atoms with Gasteiger partial charge in [0.1, 0.15) is 11.9 Å². The Bertz CT molecular complexity index is 701. The summed E-state index contributed by atoms with van der Waals surface area (Å²) in [6.45, 7) is 0.178. The third-order valence-corrected chi connectivity index (χ3v) is 4.73. The van der Waals surface area contributed by atoms with Gasteiger partial charge < -0.3 is 25.2 Å². The van der Waals surface area contributed by atoms with Gasteiger partial charge in [-0.25, -0.2) is 0 Å². The molecule has 0 spiro atoms. The summed E-state index contributed by atoms with van der Waals surface area (Å²) in [5.74, 6) is 0.689. The number of carbonyl (C=O) groups is 2. The molecule has 1 aromatic rings. The zero-order chi connectivity index (χ0) is 19.2. The second kappa shape index (κ2) is 9.01. The van der Waals surface area contributed by atoms with E-state index >= 15 is 0 Å². The highest BCUT2D eigenvalue weighted by Gasteiger charge is 2.34. The lowest BCUT2D eigenvalue weighted by molar-refractivity contribution is -0.128. The molecule has 1 heterocycles. The molecule has 1 saturated carbocycles. The van der Waals surface area contributed by atoms with Crippen LogP contribution in [0.3, 0.4) is 0 Å². The van der Waals surface area contributed by atoms with Gasteiger partial charge in [-0.3, -0.25) is 9.59 Å². The molecule has 3 N–H and O–H groups in total. The fourth-order valence-electron chi connectivity index (χ4n) is 3.00. The molecule has 2 amide bonds. The van der Waals surface area contributed by atoms with Gasteiger partial charge >= 0.3 is 0 Å². The molecule has 146 valence electrons. The van der Waals surface area contributed by atoms with Crippen LogP contribution in [-0.2, 0) is 20.9 Å². The first-order valence-corrected chi connectivity index (χ1v) is 9.23. The molecule has 0 saturated heterocycles. The Kier molecular flexibility index (Phi) is 6.47. The van der Waals surface area contributed by atoms with Crippen LogP contribution in [0.25, 0.3) is 0 Å². The number of hydrogen-bond donors (Lipinski definition) is 3. The predicted octanol–water partition coefficient (Wildman–Crippen LogP) is 0.912. The van der Waals surface area contributed by atoms with Crippen molar-refractivity contribution in [3.05, 3.63) is 42.0 Å². The SMILES string of the molecule is COc1cccc(CNC(=O)C[C@@H]2C=C[C@@H](NC(=O)C3CC3)[C@H](CO)O2)c1. The summed E-state index contributed by atoms with van der Waals surface area (Å²) in [6.07, 6.45) is 4.60. The highest BCUT2D eigenvalue weighted by molar-refractivity contribution is 5.81. The third-order valence-electron chi connectivity index (χ3n) is 4.73. The molecular formula is C20H26N2O5. The van der Waals surface area contributed by atoms with Crippen LogP contribution < -0.4 is 15.4 Å². The minimum absolute atomic E-state index is 0.00109. The van der Waals surface area contributed by atoms with Crippen molar-refractivity contribution in [3.63, 3.8) is 0 Å². The van der Waals surface area contributed by atoms with Crippen molar-refractivity contribution in [2.24, 2.45) is 5.92 Å². The van der Waals surface area contributed by atoms with Crippen LogP contribution in [0.2, 0.25) is 0 Å². The lowest BCUT2D eigenvalue weighted by Gasteiger charge is -2.31. The number of nitrogens with one attached hydrogen (secondary N) is 2. The molecule has 3 rings (SSSR count).